The topological polar surface area (TPSA) is 165 Å². The van der Waals surface area contributed by atoms with Crippen molar-refractivity contribution in [2.45, 2.75) is 6.10 Å². The molecule has 13 heteroatoms. The number of hydrogen-bond donors (Lipinski definition) is 4. The van der Waals surface area contributed by atoms with Crippen molar-refractivity contribution in [3.8, 4) is 0 Å². The fourth-order valence-electron chi connectivity index (χ4n) is 1.80. The van der Waals surface area contributed by atoms with Crippen molar-refractivity contribution < 1.29 is 40.9 Å². The average molecular weight is 380 g/mol. The van der Waals surface area contributed by atoms with E-state index in [2.05, 4.69) is 4.18 Å². The highest BCUT2D eigenvalue weighted by atomic mass is 32.3. The molecular formula is C10H24N2O9S2. The SMILES string of the molecule is CS(=O)(=O)N(CCOS(=O)(=O)O)CC(O)CN(CCO)CCO. The zero-order valence-corrected chi connectivity index (χ0v) is 14.4. The number of nitrogens with zero attached hydrogens (tertiary/aromatic N) is 2. The van der Waals surface area contributed by atoms with Gasteiger partial charge in [-0.1, -0.05) is 0 Å². The molecule has 0 saturated heterocycles. The van der Waals surface area contributed by atoms with Gasteiger partial charge in [-0.05, 0) is 0 Å². The van der Waals surface area contributed by atoms with Crippen molar-refractivity contribution in [1.82, 2.24) is 9.21 Å². The Morgan fingerprint density at radius 3 is 1.91 bits per heavy atom. The Bertz CT molecular complexity index is 516. The Balaban J connectivity index is 4.63. The first-order chi connectivity index (χ1) is 10.5. The number of aliphatic hydroxyl groups is 3. The van der Waals surface area contributed by atoms with Gasteiger partial charge in [-0.2, -0.15) is 12.7 Å². The molecule has 23 heavy (non-hydrogen) atoms. The summed E-state index contributed by atoms with van der Waals surface area (Å²) >= 11 is 0. The summed E-state index contributed by atoms with van der Waals surface area (Å²) in [5.74, 6) is 0. The molecule has 0 aromatic carbocycles. The van der Waals surface area contributed by atoms with Crippen molar-refractivity contribution in [3.63, 3.8) is 0 Å². The second kappa shape index (κ2) is 10.5. The van der Waals surface area contributed by atoms with E-state index in [0.717, 1.165) is 10.6 Å². The van der Waals surface area contributed by atoms with Crippen molar-refractivity contribution in [3.05, 3.63) is 0 Å². The van der Waals surface area contributed by atoms with Gasteiger partial charge < -0.3 is 15.3 Å². The van der Waals surface area contributed by atoms with Crippen LogP contribution in [0.15, 0.2) is 0 Å². The molecule has 0 aromatic rings. The predicted molar refractivity (Wildman–Crippen MR) is 80.5 cm³/mol. The van der Waals surface area contributed by atoms with Crippen LogP contribution < -0.4 is 0 Å². The minimum atomic E-state index is -4.68. The molecule has 0 spiro atoms. The van der Waals surface area contributed by atoms with Crippen LogP contribution in [0.2, 0.25) is 0 Å². The van der Waals surface area contributed by atoms with Crippen LogP contribution in [0.3, 0.4) is 0 Å². The lowest BCUT2D eigenvalue weighted by Gasteiger charge is -2.27. The first-order valence-corrected chi connectivity index (χ1v) is 9.90. The molecule has 0 aliphatic carbocycles. The van der Waals surface area contributed by atoms with E-state index in [1.54, 1.807) is 4.90 Å². The summed E-state index contributed by atoms with van der Waals surface area (Å²) in [6.07, 6.45) is -0.250. The Labute approximate surface area is 136 Å². The zero-order chi connectivity index (χ0) is 18.1. The molecule has 0 rings (SSSR count). The van der Waals surface area contributed by atoms with E-state index in [1.165, 1.54) is 0 Å². The van der Waals surface area contributed by atoms with E-state index in [9.17, 15) is 21.9 Å². The molecule has 0 aliphatic rings. The van der Waals surface area contributed by atoms with Gasteiger partial charge in [0, 0.05) is 32.7 Å². The highest BCUT2D eigenvalue weighted by molar-refractivity contribution is 7.88. The standard InChI is InChI=1S/C10H24N2O9S2/c1-22(16,17)12(4-7-21-23(18,19)20)9-10(15)8-11(2-5-13)3-6-14/h10,13-15H,2-9H2,1H3,(H,18,19,20). The van der Waals surface area contributed by atoms with Crippen molar-refractivity contribution in [1.29, 1.82) is 0 Å². The first kappa shape index (κ1) is 22.6. The molecule has 0 aliphatic heterocycles. The third kappa shape index (κ3) is 11.7. The lowest BCUT2D eigenvalue weighted by atomic mass is 10.3. The lowest BCUT2D eigenvalue weighted by Crippen LogP contribution is -2.44. The normalized spacial score (nSPS) is 14.6. The summed E-state index contributed by atoms with van der Waals surface area (Å²) in [6, 6.07) is 0. The van der Waals surface area contributed by atoms with Crippen molar-refractivity contribution >= 4 is 20.4 Å². The van der Waals surface area contributed by atoms with E-state index in [0.29, 0.717) is 0 Å². The summed E-state index contributed by atoms with van der Waals surface area (Å²) in [5, 5.41) is 27.7. The van der Waals surface area contributed by atoms with E-state index in [-0.39, 0.29) is 45.9 Å². The average Bonchev–Trinajstić information content (AvgIpc) is 2.35. The first-order valence-electron chi connectivity index (χ1n) is 6.68. The van der Waals surface area contributed by atoms with E-state index in [1.807, 2.05) is 0 Å². The Morgan fingerprint density at radius 1 is 1.00 bits per heavy atom. The van der Waals surface area contributed by atoms with Crippen LogP contribution in [0, 0.1) is 0 Å². The number of aliphatic hydroxyl groups excluding tert-OH is 3. The van der Waals surface area contributed by atoms with Crippen LogP contribution >= 0.6 is 0 Å². The molecule has 0 radical (unpaired) electrons. The molecule has 0 heterocycles. The van der Waals surface area contributed by atoms with Crippen LogP contribution in [0.5, 0.6) is 0 Å². The van der Waals surface area contributed by atoms with Gasteiger partial charge in [0.2, 0.25) is 10.0 Å². The van der Waals surface area contributed by atoms with Crippen LogP contribution in [0.25, 0.3) is 0 Å². The maximum Gasteiger partial charge on any atom is 0.397 e. The second-order valence-corrected chi connectivity index (χ2v) is 7.85. The Hall–Kier alpha value is -0.380. The molecule has 4 N–H and O–H groups in total. The third-order valence-corrected chi connectivity index (χ3v) is 4.49. The molecule has 0 bridgehead atoms. The van der Waals surface area contributed by atoms with Gasteiger partial charge in [0.15, 0.2) is 0 Å². The number of hydrogen-bond acceptors (Lipinski definition) is 9. The minimum Gasteiger partial charge on any atom is -0.395 e. The van der Waals surface area contributed by atoms with Gasteiger partial charge in [0.05, 0.1) is 32.2 Å². The highest BCUT2D eigenvalue weighted by Gasteiger charge is 2.22. The fourth-order valence-corrected chi connectivity index (χ4v) is 2.94. The molecular weight excluding hydrogens is 356 g/mol. The maximum absolute atomic E-state index is 11.6. The van der Waals surface area contributed by atoms with Gasteiger partial charge in [-0.15, -0.1) is 0 Å². The Morgan fingerprint density at radius 2 is 1.52 bits per heavy atom. The number of rotatable bonds is 13. The zero-order valence-electron chi connectivity index (χ0n) is 12.8. The Kier molecular flexibility index (Phi) is 10.3. The lowest BCUT2D eigenvalue weighted by molar-refractivity contribution is 0.0737. The van der Waals surface area contributed by atoms with E-state index in [4.69, 9.17) is 14.8 Å². The van der Waals surface area contributed by atoms with Gasteiger partial charge in [-0.3, -0.25) is 9.45 Å². The van der Waals surface area contributed by atoms with Gasteiger partial charge >= 0.3 is 10.4 Å². The smallest absolute Gasteiger partial charge is 0.395 e. The van der Waals surface area contributed by atoms with E-state index >= 15 is 0 Å². The van der Waals surface area contributed by atoms with Crippen molar-refractivity contribution in [2.75, 3.05) is 58.8 Å². The van der Waals surface area contributed by atoms with Crippen LogP contribution in [0.1, 0.15) is 0 Å². The van der Waals surface area contributed by atoms with Crippen LogP contribution in [-0.2, 0) is 24.6 Å². The molecule has 11 nitrogen and oxygen atoms in total. The predicted octanol–water partition coefficient (Wildman–Crippen LogP) is -3.29. The summed E-state index contributed by atoms with van der Waals surface area (Å²) in [4.78, 5) is 1.54. The molecule has 1 atom stereocenters. The largest absolute Gasteiger partial charge is 0.397 e. The van der Waals surface area contributed by atoms with Crippen molar-refractivity contribution in [2.24, 2.45) is 0 Å². The summed E-state index contributed by atoms with van der Waals surface area (Å²) in [6.45, 7) is -1.29. The highest BCUT2D eigenvalue weighted by Crippen LogP contribution is 2.03. The minimum absolute atomic E-state index is 0.00625. The molecule has 0 fully saturated rings. The molecule has 140 valence electrons. The number of sulfonamides is 1. The molecule has 0 saturated carbocycles. The summed E-state index contributed by atoms with van der Waals surface area (Å²) < 4.78 is 57.4. The monoisotopic (exact) mass is 380 g/mol. The quantitative estimate of drug-likeness (QED) is 0.238. The maximum atomic E-state index is 11.6. The summed E-state index contributed by atoms with van der Waals surface area (Å²) in [5.41, 5.74) is 0. The van der Waals surface area contributed by atoms with Gasteiger partial charge in [0.25, 0.3) is 0 Å². The third-order valence-electron chi connectivity index (χ3n) is 2.76. The van der Waals surface area contributed by atoms with Gasteiger partial charge in [-0.25, -0.2) is 12.6 Å². The van der Waals surface area contributed by atoms with Gasteiger partial charge in [0.1, 0.15) is 0 Å². The van der Waals surface area contributed by atoms with Crippen LogP contribution in [-0.4, -0.2) is 111 Å². The fraction of sp³-hybridized carbons (Fsp3) is 1.00. The van der Waals surface area contributed by atoms with E-state index < -0.39 is 33.1 Å². The molecule has 0 amide bonds. The molecule has 0 aromatic heterocycles. The summed E-state index contributed by atoms with van der Waals surface area (Å²) in [7, 11) is -8.41. The van der Waals surface area contributed by atoms with Crippen LogP contribution in [0.4, 0.5) is 0 Å². The second-order valence-electron chi connectivity index (χ2n) is 4.77. The molecule has 1 unspecified atom stereocenters.